The van der Waals surface area contributed by atoms with Crippen LogP contribution in [0.2, 0.25) is 5.02 Å². The molecule has 138 valence electrons. The lowest BCUT2D eigenvalue weighted by Crippen LogP contribution is -2.45. The molecule has 2 rings (SSSR count). The minimum atomic E-state index is -0.523. The fraction of sp³-hybridized carbons (Fsp3) is 0.529. The van der Waals surface area contributed by atoms with Gasteiger partial charge in [-0.3, -0.25) is 9.59 Å². The molecule has 0 radical (unpaired) electrons. The first kappa shape index (κ1) is 19.6. The molecule has 2 amide bonds. The van der Waals surface area contributed by atoms with Gasteiger partial charge in [0.05, 0.1) is 18.2 Å². The molecule has 8 heteroatoms. The molecule has 0 aliphatic carbocycles. The Morgan fingerprint density at radius 2 is 2.08 bits per heavy atom. The zero-order valence-electron chi connectivity index (χ0n) is 14.2. The van der Waals surface area contributed by atoms with E-state index in [9.17, 15) is 14.0 Å². The molecule has 0 bridgehead atoms. The summed E-state index contributed by atoms with van der Waals surface area (Å²) in [6.07, 6.45) is 1.20. The van der Waals surface area contributed by atoms with Crippen molar-refractivity contribution in [2.75, 3.05) is 45.2 Å². The van der Waals surface area contributed by atoms with Crippen LogP contribution < -0.4 is 10.6 Å². The normalized spacial score (nSPS) is 15.2. The fourth-order valence-corrected chi connectivity index (χ4v) is 2.87. The van der Waals surface area contributed by atoms with E-state index in [1.54, 1.807) is 12.0 Å². The fourth-order valence-electron chi connectivity index (χ4n) is 2.69. The number of amides is 2. The number of ether oxygens (including phenoxy) is 1. The van der Waals surface area contributed by atoms with Crippen molar-refractivity contribution in [3.05, 3.63) is 29.0 Å². The molecule has 1 saturated heterocycles. The number of halogens is 2. The number of carbonyl (C=O) groups is 2. The van der Waals surface area contributed by atoms with Crippen LogP contribution >= 0.6 is 11.6 Å². The molecule has 0 spiro atoms. The number of rotatable bonds is 7. The minimum Gasteiger partial charge on any atom is -0.383 e. The predicted octanol–water partition coefficient (Wildman–Crippen LogP) is 1.89. The van der Waals surface area contributed by atoms with Crippen LogP contribution in [0.3, 0.4) is 0 Å². The van der Waals surface area contributed by atoms with Crippen molar-refractivity contribution in [2.24, 2.45) is 5.92 Å². The first-order valence-electron chi connectivity index (χ1n) is 8.24. The second-order valence-corrected chi connectivity index (χ2v) is 6.35. The number of hydrogen-bond donors (Lipinski definition) is 2. The predicted molar refractivity (Wildman–Crippen MR) is 94.1 cm³/mol. The molecule has 1 heterocycles. The quantitative estimate of drug-likeness (QED) is 0.718. The molecular formula is C17H23ClFN3O3. The Hall–Kier alpha value is -1.70. The highest BCUT2D eigenvalue weighted by Crippen LogP contribution is 2.22. The second-order valence-electron chi connectivity index (χ2n) is 5.94. The van der Waals surface area contributed by atoms with Gasteiger partial charge in [0, 0.05) is 38.3 Å². The van der Waals surface area contributed by atoms with Crippen LogP contribution in [0.1, 0.15) is 12.8 Å². The summed E-state index contributed by atoms with van der Waals surface area (Å²) in [5.41, 5.74) is 0.470. The SMILES string of the molecule is COCCNCC(=O)N1CCC(C(=O)Nc2ccc(F)c(Cl)c2)CC1. The van der Waals surface area contributed by atoms with Crippen LogP contribution in [0.4, 0.5) is 10.1 Å². The second kappa shape index (κ2) is 9.70. The van der Waals surface area contributed by atoms with E-state index >= 15 is 0 Å². The average Bonchev–Trinajstić information content (AvgIpc) is 2.62. The standard InChI is InChI=1S/C17H23ClFN3O3/c1-25-9-6-20-11-16(23)22-7-4-12(5-8-22)17(24)21-13-2-3-15(19)14(18)10-13/h2-3,10,12,20H,4-9,11H2,1H3,(H,21,24). The maximum Gasteiger partial charge on any atom is 0.236 e. The van der Waals surface area contributed by atoms with Gasteiger partial charge in [0.1, 0.15) is 5.82 Å². The van der Waals surface area contributed by atoms with Crippen molar-refractivity contribution in [3.8, 4) is 0 Å². The van der Waals surface area contributed by atoms with Gasteiger partial charge < -0.3 is 20.3 Å². The van der Waals surface area contributed by atoms with Crippen molar-refractivity contribution in [3.63, 3.8) is 0 Å². The van der Waals surface area contributed by atoms with Crippen LogP contribution in [0, 0.1) is 11.7 Å². The van der Waals surface area contributed by atoms with E-state index in [1.807, 2.05) is 0 Å². The maximum atomic E-state index is 13.1. The lowest BCUT2D eigenvalue weighted by molar-refractivity contribution is -0.133. The third kappa shape index (κ3) is 5.95. The number of piperidine rings is 1. The molecule has 0 unspecified atom stereocenters. The Balaban J connectivity index is 1.76. The maximum absolute atomic E-state index is 13.1. The molecule has 1 fully saturated rings. The summed E-state index contributed by atoms with van der Waals surface area (Å²) in [5, 5.41) is 5.75. The molecule has 25 heavy (non-hydrogen) atoms. The third-order valence-corrected chi connectivity index (χ3v) is 4.45. The number of nitrogens with one attached hydrogen (secondary N) is 2. The monoisotopic (exact) mass is 371 g/mol. The largest absolute Gasteiger partial charge is 0.383 e. The van der Waals surface area contributed by atoms with Gasteiger partial charge in [0.15, 0.2) is 0 Å². The molecule has 6 nitrogen and oxygen atoms in total. The summed E-state index contributed by atoms with van der Waals surface area (Å²) < 4.78 is 18.1. The van der Waals surface area contributed by atoms with Crippen molar-refractivity contribution in [1.82, 2.24) is 10.2 Å². The van der Waals surface area contributed by atoms with Crippen molar-refractivity contribution in [2.45, 2.75) is 12.8 Å². The minimum absolute atomic E-state index is 0.0280. The number of anilines is 1. The van der Waals surface area contributed by atoms with Gasteiger partial charge in [0.25, 0.3) is 0 Å². The van der Waals surface area contributed by atoms with Gasteiger partial charge in [-0.2, -0.15) is 0 Å². The van der Waals surface area contributed by atoms with E-state index in [-0.39, 0.29) is 29.3 Å². The Kier molecular flexibility index (Phi) is 7.61. The van der Waals surface area contributed by atoms with Crippen molar-refractivity contribution >= 4 is 29.1 Å². The van der Waals surface area contributed by atoms with E-state index in [4.69, 9.17) is 16.3 Å². The molecule has 1 aliphatic rings. The summed E-state index contributed by atoms with van der Waals surface area (Å²) in [7, 11) is 1.61. The highest BCUT2D eigenvalue weighted by Gasteiger charge is 2.27. The van der Waals surface area contributed by atoms with Crippen LogP contribution in [-0.4, -0.2) is 56.6 Å². The van der Waals surface area contributed by atoms with Gasteiger partial charge in [-0.25, -0.2) is 4.39 Å². The molecule has 1 aromatic carbocycles. The van der Waals surface area contributed by atoms with Gasteiger partial charge in [0.2, 0.25) is 11.8 Å². The summed E-state index contributed by atoms with van der Waals surface area (Å²) in [6.45, 7) is 2.55. The van der Waals surface area contributed by atoms with Crippen LogP contribution in [-0.2, 0) is 14.3 Å². The topological polar surface area (TPSA) is 70.7 Å². The molecular weight excluding hydrogens is 349 g/mol. The Morgan fingerprint density at radius 1 is 1.36 bits per heavy atom. The van der Waals surface area contributed by atoms with E-state index in [2.05, 4.69) is 10.6 Å². The van der Waals surface area contributed by atoms with Crippen LogP contribution in [0.5, 0.6) is 0 Å². The van der Waals surface area contributed by atoms with E-state index in [1.165, 1.54) is 18.2 Å². The Morgan fingerprint density at radius 3 is 2.72 bits per heavy atom. The summed E-state index contributed by atoms with van der Waals surface area (Å²) in [6, 6.07) is 4.08. The number of hydrogen-bond acceptors (Lipinski definition) is 4. The zero-order valence-corrected chi connectivity index (χ0v) is 14.9. The van der Waals surface area contributed by atoms with E-state index in [0.29, 0.717) is 44.8 Å². The summed E-state index contributed by atoms with van der Waals surface area (Å²) in [4.78, 5) is 26.1. The smallest absolute Gasteiger partial charge is 0.236 e. The summed E-state index contributed by atoms with van der Waals surface area (Å²) >= 11 is 5.71. The number of nitrogens with zero attached hydrogens (tertiary/aromatic N) is 1. The molecule has 1 aromatic rings. The number of benzene rings is 1. The lowest BCUT2D eigenvalue weighted by Gasteiger charge is -2.31. The van der Waals surface area contributed by atoms with Crippen molar-refractivity contribution < 1.29 is 18.7 Å². The van der Waals surface area contributed by atoms with Gasteiger partial charge >= 0.3 is 0 Å². The van der Waals surface area contributed by atoms with E-state index < -0.39 is 5.82 Å². The number of methoxy groups -OCH3 is 1. The highest BCUT2D eigenvalue weighted by molar-refractivity contribution is 6.31. The molecule has 0 saturated carbocycles. The van der Waals surface area contributed by atoms with Crippen LogP contribution in [0.25, 0.3) is 0 Å². The van der Waals surface area contributed by atoms with E-state index in [0.717, 1.165) is 0 Å². The number of carbonyl (C=O) groups excluding carboxylic acids is 2. The first-order chi connectivity index (χ1) is 12.0. The first-order valence-corrected chi connectivity index (χ1v) is 8.62. The Labute approximate surface area is 151 Å². The molecule has 2 N–H and O–H groups in total. The molecule has 1 aliphatic heterocycles. The Bertz CT molecular complexity index is 607. The number of likely N-dealkylation sites (tertiary alicyclic amines) is 1. The zero-order chi connectivity index (χ0) is 18.2. The van der Waals surface area contributed by atoms with Gasteiger partial charge in [-0.1, -0.05) is 11.6 Å². The third-order valence-electron chi connectivity index (χ3n) is 4.16. The van der Waals surface area contributed by atoms with Crippen molar-refractivity contribution in [1.29, 1.82) is 0 Å². The molecule has 0 aromatic heterocycles. The summed E-state index contributed by atoms with van der Waals surface area (Å²) in [5.74, 6) is -0.798. The highest BCUT2D eigenvalue weighted by atomic mass is 35.5. The lowest BCUT2D eigenvalue weighted by atomic mass is 9.95. The molecule has 0 atom stereocenters. The average molecular weight is 372 g/mol. The van der Waals surface area contributed by atoms with Gasteiger partial charge in [-0.05, 0) is 31.0 Å². The van der Waals surface area contributed by atoms with Crippen LogP contribution in [0.15, 0.2) is 18.2 Å². The van der Waals surface area contributed by atoms with Gasteiger partial charge in [-0.15, -0.1) is 0 Å².